The molecule has 2 fully saturated rings. The Morgan fingerprint density at radius 1 is 1.32 bits per heavy atom. The molecule has 2 atom stereocenters. The van der Waals surface area contributed by atoms with Gasteiger partial charge in [-0.25, -0.2) is 0 Å². The van der Waals surface area contributed by atoms with Gasteiger partial charge in [-0.1, -0.05) is 0 Å². The van der Waals surface area contributed by atoms with Crippen molar-refractivity contribution in [3.8, 4) is 0 Å². The van der Waals surface area contributed by atoms with Crippen LogP contribution in [0, 0.1) is 12.8 Å². The highest BCUT2D eigenvalue weighted by molar-refractivity contribution is 5.85. The highest BCUT2D eigenvalue weighted by atomic mass is 35.5. The van der Waals surface area contributed by atoms with E-state index >= 15 is 0 Å². The second kappa shape index (κ2) is 8.75. The third-order valence-electron chi connectivity index (χ3n) is 4.46. The first-order chi connectivity index (χ1) is 9.74. The minimum atomic E-state index is 0. The molecule has 1 amide bonds. The van der Waals surface area contributed by atoms with E-state index in [1.807, 2.05) is 10.9 Å². The molecule has 0 spiro atoms. The van der Waals surface area contributed by atoms with Crippen LogP contribution in [0.2, 0.25) is 0 Å². The van der Waals surface area contributed by atoms with E-state index in [0.29, 0.717) is 11.9 Å². The Bertz CT molecular complexity index is 474. The van der Waals surface area contributed by atoms with Gasteiger partial charge >= 0.3 is 0 Å². The first-order valence-electron chi connectivity index (χ1n) is 7.74. The predicted octanol–water partition coefficient (Wildman–Crippen LogP) is 2.20. The number of nitrogens with zero attached hydrogens (tertiary/aromatic N) is 3. The molecule has 0 bridgehead atoms. The minimum absolute atomic E-state index is 0. The molecule has 0 saturated carbocycles. The molecule has 126 valence electrons. The smallest absolute Gasteiger partial charge is 0.227 e. The number of amides is 1. The second-order valence-corrected chi connectivity index (χ2v) is 6.12. The van der Waals surface area contributed by atoms with Gasteiger partial charge in [0.25, 0.3) is 0 Å². The molecule has 0 aliphatic carbocycles. The zero-order valence-electron chi connectivity index (χ0n) is 13.0. The molecule has 0 radical (unpaired) electrons. The van der Waals surface area contributed by atoms with E-state index in [1.54, 1.807) is 0 Å². The van der Waals surface area contributed by atoms with E-state index in [1.165, 1.54) is 5.56 Å². The number of nitrogens with one attached hydrogen (secondary N) is 1. The van der Waals surface area contributed by atoms with Crippen molar-refractivity contribution < 1.29 is 4.79 Å². The van der Waals surface area contributed by atoms with Crippen LogP contribution in [0.1, 0.15) is 37.3 Å². The molecular formula is C15H26Cl2N4O. The molecule has 2 aliphatic rings. The largest absolute Gasteiger partial charge is 0.340 e. The van der Waals surface area contributed by atoms with Crippen molar-refractivity contribution in [3.05, 3.63) is 18.0 Å². The molecule has 3 heterocycles. The molecule has 0 aromatic carbocycles. The zero-order chi connectivity index (χ0) is 13.9. The van der Waals surface area contributed by atoms with Crippen molar-refractivity contribution in [2.75, 3.05) is 26.2 Å². The van der Waals surface area contributed by atoms with E-state index in [0.717, 1.165) is 51.9 Å². The van der Waals surface area contributed by atoms with Crippen LogP contribution in [0.4, 0.5) is 0 Å². The van der Waals surface area contributed by atoms with Gasteiger partial charge in [0.15, 0.2) is 0 Å². The monoisotopic (exact) mass is 348 g/mol. The molecule has 3 rings (SSSR count). The molecule has 22 heavy (non-hydrogen) atoms. The standard InChI is InChI=1S/C15H24N4O.2ClH/c1-12-8-17-19(10-12)14-5-3-7-18(11-14)15(20)13-4-2-6-16-9-13;;/h8,10,13-14,16H,2-7,9,11H2,1H3;2*1H. The van der Waals surface area contributed by atoms with Gasteiger partial charge in [-0.3, -0.25) is 9.48 Å². The third kappa shape index (κ3) is 4.37. The number of halogens is 2. The molecule has 1 N–H and O–H groups in total. The van der Waals surface area contributed by atoms with E-state index in [9.17, 15) is 4.79 Å². The summed E-state index contributed by atoms with van der Waals surface area (Å²) in [7, 11) is 0. The Hall–Kier alpha value is -0.780. The van der Waals surface area contributed by atoms with Crippen LogP contribution < -0.4 is 5.32 Å². The van der Waals surface area contributed by atoms with Gasteiger partial charge < -0.3 is 10.2 Å². The average Bonchev–Trinajstić information content (AvgIpc) is 2.94. The molecule has 2 saturated heterocycles. The molecular weight excluding hydrogens is 323 g/mol. The lowest BCUT2D eigenvalue weighted by Gasteiger charge is -2.36. The van der Waals surface area contributed by atoms with Gasteiger partial charge in [0, 0.05) is 25.8 Å². The van der Waals surface area contributed by atoms with Crippen LogP contribution >= 0.6 is 24.8 Å². The summed E-state index contributed by atoms with van der Waals surface area (Å²) < 4.78 is 2.04. The van der Waals surface area contributed by atoms with Gasteiger partial charge in [0.1, 0.15) is 0 Å². The predicted molar refractivity (Wildman–Crippen MR) is 91.9 cm³/mol. The summed E-state index contributed by atoms with van der Waals surface area (Å²) >= 11 is 0. The fraction of sp³-hybridized carbons (Fsp3) is 0.733. The highest BCUT2D eigenvalue weighted by Gasteiger charge is 2.30. The van der Waals surface area contributed by atoms with Crippen LogP contribution in [-0.2, 0) is 4.79 Å². The summed E-state index contributed by atoms with van der Waals surface area (Å²) in [6, 6.07) is 0.345. The normalized spacial score (nSPS) is 25.0. The van der Waals surface area contributed by atoms with E-state index in [4.69, 9.17) is 0 Å². The van der Waals surface area contributed by atoms with Crippen molar-refractivity contribution >= 4 is 30.7 Å². The summed E-state index contributed by atoms with van der Waals surface area (Å²) in [6.07, 6.45) is 8.33. The van der Waals surface area contributed by atoms with Crippen LogP contribution in [0.15, 0.2) is 12.4 Å². The van der Waals surface area contributed by atoms with Crippen molar-refractivity contribution in [2.24, 2.45) is 5.92 Å². The SMILES string of the molecule is Cc1cnn(C2CCCN(C(=O)C3CCCNC3)C2)c1.Cl.Cl. The number of carbonyl (C=O) groups is 1. The zero-order valence-corrected chi connectivity index (χ0v) is 14.7. The maximum Gasteiger partial charge on any atom is 0.227 e. The fourth-order valence-corrected chi connectivity index (χ4v) is 3.32. The molecule has 5 nitrogen and oxygen atoms in total. The fourth-order valence-electron chi connectivity index (χ4n) is 3.32. The molecule has 1 aromatic heterocycles. The highest BCUT2D eigenvalue weighted by Crippen LogP contribution is 2.24. The number of aryl methyl sites for hydroxylation is 1. The van der Waals surface area contributed by atoms with E-state index < -0.39 is 0 Å². The third-order valence-corrected chi connectivity index (χ3v) is 4.46. The summed E-state index contributed by atoms with van der Waals surface area (Å²) in [4.78, 5) is 14.6. The van der Waals surface area contributed by atoms with E-state index in [-0.39, 0.29) is 30.7 Å². The lowest BCUT2D eigenvalue weighted by molar-refractivity contribution is -0.137. The van der Waals surface area contributed by atoms with Gasteiger partial charge in [0.05, 0.1) is 18.2 Å². The first-order valence-corrected chi connectivity index (χ1v) is 7.74. The number of rotatable bonds is 2. The number of piperidine rings is 2. The lowest BCUT2D eigenvalue weighted by Crippen LogP contribution is -2.47. The van der Waals surface area contributed by atoms with Crippen LogP contribution in [0.25, 0.3) is 0 Å². The first kappa shape index (κ1) is 19.3. The Labute approximate surface area is 144 Å². The number of hydrogen-bond acceptors (Lipinski definition) is 3. The Morgan fingerprint density at radius 3 is 2.77 bits per heavy atom. The lowest BCUT2D eigenvalue weighted by atomic mass is 9.96. The number of aromatic nitrogens is 2. The van der Waals surface area contributed by atoms with Crippen molar-refractivity contribution in [3.63, 3.8) is 0 Å². The van der Waals surface area contributed by atoms with Crippen LogP contribution in [-0.4, -0.2) is 46.8 Å². The molecule has 1 aromatic rings. The van der Waals surface area contributed by atoms with Crippen molar-refractivity contribution in [1.29, 1.82) is 0 Å². The van der Waals surface area contributed by atoms with Crippen molar-refractivity contribution in [1.82, 2.24) is 20.0 Å². The molecule has 7 heteroatoms. The summed E-state index contributed by atoms with van der Waals surface area (Å²) in [5.41, 5.74) is 1.19. The van der Waals surface area contributed by atoms with Gasteiger partial charge in [-0.15, -0.1) is 24.8 Å². The molecule has 2 unspecified atom stereocenters. The molecule has 2 aliphatic heterocycles. The summed E-state index contributed by atoms with van der Waals surface area (Å²) in [5, 5.41) is 7.75. The topological polar surface area (TPSA) is 50.2 Å². The summed E-state index contributed by atoms with van der Waals surface area (Å²) in [5.74, 6) is 0.521. The maximum atomic E-state index is 12.6. The van der Waals surface area contributed by atoms with Crippen LogP contribution in [0.5, 0.6) is 0 Å². The van der Waals surface area contributed by atoms with Crippen LogP contribution in [0.3, 0.4) is 0 Å². The average molecular weight is 349 g/mol. The number of hydrogen-bond donors (Lipinski definition) is 1. The van der Waals surface area contributed by atoms with Crippen molar-refractivity contribution in [2.45, 2.75) is 38.6 Å². The van der Waals surface area contributed by atoms with Gasteiger partial charge in [0.2, 0.25) is 5.91 Å². The quantitative estimate of drug-likeness (QED) is 0.891. The van der Waals surface area contributed by atoms with Gasteiger partial charge in [-0.05, 0) is 44.7 Å². The minimum Gasteiger partial charge on any atom is -0.340 e. The Kier molecular flexibility index (Phi) is 7.66. The number of carbonyl (C=O) groups excluding carboxylic acids is 1. The second-order valence-electron chi connectivity index (χ2n) is 6.12. The Morgan fingerprint density at radius 2 is 2.14 bits per heavy atom. The van der Waals surface area contributed by atoms with Gasteiger partial charge in [-0.2, -0.15) is 5.10 Å². The maximum absolute atomic E-state index is 12.6. The Balaban J connectivity index is 0.00000121. The number of likely N-dealkylation sites (tertiary alicyclic amines) is 1. The van der Waals surface area contributed by atoms with E-state index in [2.05, 4.69) is 28.4 Å². The summed E-state index contributed by atoms with van der Waals surface area (Å²) in [6.45, 7) is 5.69.